The fourth-order valence-corrected chi connectivity index (χ4v) is 0.740. The quantitative estimate of drug-likeness (QED) is 0.515. The maximum absolute atomic E-state index is 10.2. The number of rotatable bonds is 1. The molecule has 1 unspecified atom stereocenters. The molecule has 1 aliphatic heterocycles. The van der Waals surface area contributed by atoms with E-state index in [2.05, 4.69) is 0 Å². The molecule has 0 fully saturated rings. The van der Waals surface area contributed by atoms with Gasteiger partial charge in [0.15, 0.2) is 0 Å². The third kappa shape index (κ3) is 2.13. The van der Waals surface area contributed by atoms with Gasteiger partial charge in [0.05, 0.1) is 0 Å². The second-order valence-electron chi connectivity index (χ2n) is 2.02. The highest BCUT2D eigenvalue weighted by Crippen LogP contribution is 2.01. The Labute approximate surface area is 77.6 Å². The molecule has 0 radical (unpaired) electrons. The molecular weight excluding hydrogens is 241 g/mol. The summed E-state index contributed by atoms with van der Waals surface area (Å²) in [6, 6.07) is -0.0602. The summed E-state index contributed by atoms with van der Waals surface area (Å²) in [5.41, 5.74) is 0. The summed E-state index contributed by atoms with van der Waals surface area (Å²) in [5, 5.41) is 0. The molecule has 1 atom stereocenters. The number of carbonyl (C=O) groups excluding carboxylic acids is 1. The van der Waals surface area contributed by atoms with Gasteiger partial charge in [0.2, 0.25) is 0 Å². The number of halogens is 1. The van der Waals surface area contributed by atoms with E-state index in [9.17, 15) is 4.79 Å². The molecule has 1 aliphatic rings. The zero-order valence-corrected chi connectivity index (χ0v) is 8.06. The molecule has 3 heteroatoms. The van der Waals surface area contributed by atoms with Crippen LogP contribution in [-0.4, -0.2) is 24.3 Å². The van der Waals surface area contributed by atoms with Crippen molar-refractivity contribution in [2.45, 2.75) is 6.04 Å². The molecule has 0 saturated heterocycles. The van der Waals surface area contributed by atoms with Gasteiger partial charge in [-0.1, -0.05) is 12.2 Å². The van der Waals surface area contributed by atoms with Crippen molar-refractivity contribution >= 4 is 30.3 Å². The Hall–Kier alpha value is -0.320. The van der Waals surface area contributed by atoms with Gasteiger partial charge >= 0.3 is 0 Å². The third-order valence-electron chi connectivity index (χ3n) is 1.35. The van der Waals surface area contributed by atoms with Gasteiger partial charge in [-0.25, -0.2) is 0 Å². The standard InChI is InChI=1S/C7H9NO.HI/c1-8-5-3-2-4-7(8)6-9;/h2-7H,1H3;1H. The first kappa shape index (κ1) is 9.68. The minimum Gasteiger partial charge on any atom is -0.367 e. The van der Waals surface area contributed by atoms with Gasteiger partial charge in [0, 0.05) is 7.05 Å². The van der Waals surface area contributed by atoms with Crippen LogP contribution < -0.4 is 0 Å². The van der Waals surface area contributed by atoms with Crippen LogP contribution in [0.4, 0.5) is 0 Å². The van der Waals surface area contributed by atoms with Crippen molar-refractivity contribution in [2.24, 2.45) is 0 Å². The predicted molar refractivity (Wildman–Crippen MR) is 51.3 cm³/mol. The molecule has 0 N–H and O–H groups in total. The smallest absolute Gasteiger partial charge is 0.146 e. The minimum absolute atomic E-state index is 0. The van der Waals surface area contributed by atoms with Crippen LogP contribution in [-0.2, 0) is 4.79 Å². The van der Waals surface area contributed by atoms with E-state index >= 15 is 0 Å². The summed E-state index contributed by atoms with van der Waals surface area (Å²) < 4.78 is 0. The Bertz CT molecular complexity index is 165. The highest BCUT2D eigenvalue weighted by Gasteiger charge is 2.06. The summed E-state index contributed by atoms with van der Waals surface area (Å²) in [6.45, 7) is 0. The van der Waals surface area contributed by atoms with Crippen molar-refractivity contribution in [1.82, 2.24) is 4.90 Å². The van der Waals surface area contributed by atoms with E-state index in [0.29, 0.717) is 0 Å². The summed E-state index contributed by atoms with van der Waals surface area (Å²) in [4.78, 5) is 12.1. The topological polar surface area (TPSA) is 20.3 Å². The lowest BCUT2D eigenvalue weighted by Gasteiger charge is -2.20. The van der Waals surface area contributed by atoms with Crippen LogP contribution in [0.15, 0.2) is 24.4 Å². The zero-order chi connectivity index (χ0) is 6.69. The first-order chi connectivity index (χ1) is 4.34. The van der Waals surface area contributed by atoms with E-state index in [-0.39, 0.29) is 30.0 Å². The van der Waals surface area contributed by atoms with E-state index in [4.69, 9.17) is 0 Å². The van der Waals surface area contributed by atoms with Crippen LogP contribution in [0, 0.1) is 0 Å². The van der Waals surface area contributed by atoms with Gasteiger partial charge in [-0.2, -0.15) is 0 Å². The second-order valence-corrected chi connectivity index (χ2v) is 2.02. The number of nitrogens with zero attached hydrogens (tertiary/aromatic N) is 1. The number of aldehydes is 1. The van der Waals surface area contributed by atoms with Crippen molar-refractivity contribution in [3.63, 3.8) is 0 Å². The molecule has 56 valence electrons. The van der Waals surface area contributed by atoms with Gasteiger partial charge in [-0.05, 0) is 12.3 Å². The first-order valence-corrected chi connectivity index (χ1v) is 2.87. The summed E-state index contributed by atoms with van der Waals surface area (Å²) >= 11 is 0. The molecule has 1 rings (SSSR count). The maximum atomic E-state index is 10.2. The Balaban J connectivity index is 0.000000810. The fourth-order valence-electron chi connectivity index (χ4n) is 0.740. The number of allylic oxidation sites excluding steroid dienone is 2. The van der Waals surface area contributed by atoms with Crippen LogP contribution >= 0.6 is 24.0 Å². The van der Waals surface area contributed by atoms with Gasteiger partial charge in [-0.15, -0.1) is 24.0 Å². The number of likely N-dealkylation sites (N-methyl/N-ethyl adjacent to an activating group) is 1. The first-order valence-electron chi connectivity index (χ1n) is 2.87. The normalized spacial score (nSPS) is 22.1. The summed E-state index contributed by atoms with van der Waals surface area (Å²) in [6.07, 6.45) is 8.42. The molecule has 0 aromatic heterocycles. The Kier molecular flexibility index (Phi) is 4.34. The fraction of sp³-hybridized carbons (Fsp3) is 0.286. The zero-order valence-electron chi connectivity index (χ0n) is 5.73. The van der Waals surface area contributed by atoms with Crippen LogP contribution in [0.2, 0.25) is 0 Å². The molecular formula is C7H10INO. The van der Waals surface area contributed by atoms with Crippen LogP contribution in [0.5, 0.6) is 0 Å². The largest absolute Gasteiger partial charge is 0.367 e. The number of hydrogen-bond acceptors (Lipinski definition) is 2. The second kappa shape index (κ2) is 4.49. The Morgan fingerprint density at radius 1 is 1.50 bits per heavy atom. The van der Waals surface area contributed by atoms with Crippen molar-refractivity contribution in [1.29, 1.82) is 0 Å². The monoisotopic (exact) mass is 251 g/mol. The molecule has 1 heterocycles. The van der Waals surface area contributed by atoms with Crippen molar-refractivity contribution in [3.8, 4) is 0 Å². The minimum atomic E-state index is -0.0602. The van der Waals surface area contributed by atoms with Gasteiger partial charge in [0.1, 0.15) is 12.3 Å². The lowest BCUT2D eigenvalue weighted by molar-refractivity contribution is -0.110. The van der Waals surface area contributed by atoms with Crippen molar-refractivity contribution < 1.29 is 4.79 Å². The van der Waals surface area contributed by atoms with Gasteiger partial charge < -0.3 is 9.69 Å². The van der Waals surface area contributed by atoms with Crippen LogP contribution in [0.1, 0.15) is 0 Å². The molecule has 0 aromatic carbocycles. The Morgan fingerprint density at radius 2 is 2.20 bits per heavy atom. The number of hydrogen-bond donors (Lipinski definition) is 0. The third-order valence-corrected chi connectivity index (χ3v) is 1.35. The van der Waals surface area contributed by atoms with E-state index in [1.807, 2.05) is 36.4 Å². The highest BCUT2D eigenvalue weighted by atomic mass is 127. The molecule has 0 bridgehead atoms. The predicted octanol–water partition coefficient (Wildman–Crippen LogP) is 1.19. The molecule has 0 spiro atoms. The number of carbonyl (C=O) groups is 1. The van der Waals surface area contributed by atoms with Crippen LogP contribution in [0.25, 0.3) is 0 Å². The van der Waals surface area contributed by atoms with Gasteiger partial charge in [-0.3, -0.25) is 0 Å². The molecule has 10 heavy (non-hydrogen) atoms. The molecule has 0 aromatic rings. The SMILES string of the molecule is CN1C=CC=CC1C=O.I. The van der Waals surface area contributed by atoms with E-state index in [1.54, 1.807) is 0 Å². The molecule has 0 saturated carbocycles. The van der Waals surface area contributed by atoms with E-state index < -0.39 is 0 Å². The maximum Gasteiger partial charge on any atom is 0.146 e. The Morgan fingerprint density at radius 3 is 2.60 bits per heavy atom. The van der Waals surface area contributed by atoms with E-state index in [1.165, 1.54) is 0 Å². The molecule has 0 amide bonds. The lowest BCUT2D eigenvalue weighted by atomic mass is 10.2. The average molecular weight is 251 g/mol. The van der Waals surface area contributed by atoms with Crippen LogP contribution in [0.3, 0.4) is 0 Å². The highest BCUT2D eigenvalue weighted by molar-refractivity contribution is 14.0. The lowest BCUT2D eigenvalue weighted by Crippen LogP contribution is -2.27. The van der Waals surface area contributed by atoms with Gasteiger partial charge in [0.25, 0.3) is 0 Å². The van der Waals surface area contributed by atoms with E-state index in [0.717, 1.165) is 6.29 Å². The van der Waals surface area contributed by atoms with Crippen molar-refractivity contribution in [2.75, 3.05) is 7.05 Å². The molecule has 2 nitrogen and oxygen atoms in total. The molecule has 0 aliphatic carbocycles. The summed E-state index contributed by atoms with van der Waals surface area (Å²) in [5.74, 6) is 0. The average Bonchev–Trinajstić information content (AvgIpc) is 1.89. The summed E-state index contributed by atoms with van der Waals surface area (Å²) in [7, 11) is 1.87. The van der Waals surface area contributed by atoms with Crippen molar-refractivity contribution in [3.05, 3.63) is 24.4 Å².